The smallest absolute Gasteiger partial charge is 0.229 e. The number of halogens is 2. The van der Waals surface area contributed by atoms with E-state index in [9.17, 15) is 14.0 Å². The molecule has 1 heterocycles. The first-order valence-corrected chi connectivity index (χ1v) is 8.40. The highest BCUT2D eigenvalue weighted by molar-refractivity contribution is 6.31. The van der Waals surface area contributed by atoms with Gasteiger partial charge in [-0.05, 0) is 36.2 Å². The van der Waals surface area contributed by atoms with E-state index in [0.29, 0.717) is 18.8 Å². The van der Waals surface area contributed by atoms with E-state index >= 15 is 0 Å². The number of hydrogen-bond donors (Lipinski definition) is 1. The topological polar surface area (TPSA) is 49.4 Å². The lowest BCUT2D eigenvalue weighted by atomic mass is 10.1. The first-order chi connectivity index (χ1) is 11.9. The lowest BCUT2D eigenvalue weighted by Gasteiger charge is -2.18. The standard InChI is InChI=1S/C19H18ClFN2O2/c1-12-4-2-3-5-13(12)10-23-11-14(8-18(23)24)19(25)22-15-6-7-17(21)16(20)9-15/h2-7,9,14H,8,10-11H2,1H3,(H,22,25). The molecule has 3 rings (SSSR count). The number of amides is 2. The van der Waals surface area contributed by atoms with E-state index in [1.807, 2.05) is 31.2 Å². The van der Waals surface area contributed by atoms with Crippen LogP contribution in [0.15, 0.2) is 42.5 Å². The van der Waals surface area contributed by atoms with Gasteiger partial charge in [0.05, 0.1) is 10.9 Å². The summed E-state index contributed by atoms with van der Waals surface area (Å²) in [5.74, 6) is -1.27. The minimum Gasteiger partial charge on any atom is -0.338 e. The Morgan fingerprint density at radius 3 is 2.80 bits per heavy atom. The number of likely N-dealkylation sites (tertiary alicyclic amines) is 1. The molecule has 1 unspecified atom stereocenters. The summed E-state index contributed by atoms with van der Waals surface area (Å²) in [4.78, 5) is 26.3. The van der Waals surface area contributed by atoms with Gasteiger partial charge in [0.25, 0.3) is 0 Å². The van der Waals surface area contributed by atoms with Crippen molar-refractivity contribution in [2.24, 2.45) is 5.92 Å². The van der Waals surface area contributed by atoms with Crippen LogP contribution in [0.1, 0.15) is 17.5 Å². The van der Waals surface area contributed by atoms with Crippen LogP contribution in [0, 0.1) is 18.7 Å². The second-order valence-corrected chi connectivity index (χ2v) is 6.63. The number of benzene rings is 2. The van der Waals surface area contributed by atoms with Gasteiger partial charge in [0.1, 0.15) is 5.82 Å². The largest absolute Gasteiger partial charge is 0.338 e. The van der Waals surface area contributed by atoms with Crippen molar-refractivity contribution in [3.8, 4) is 0 Å². The molecule has 0 aromatic heterocycles. The van der Waals surface area contributed by atoms with E-state index in [4.69, 9.17) is 11.6 Å². The van der Waals surface area contributed by atoms with E-state index in [0.717, 1.165) is 11.1 Å². The van der Waals surface area contributed by atoms with Gasteiger partial charge in [0, 0.05) is 25.2 Å². The molecule has 2 aromatic carbocycles. The second-order valence-electron chi connectivity index (χ2n) is 6.22. The van der Waals surface area contributed by atoms with Crippen LogP contribution in [0.2, 0.25) is 5.02 Å². The van der Waals surface area contributed by atoms with E-state index in [-0.39, 0.29) is 23.3 Å². The van der Waals surface area contributed by atoms with Crippen LogP contribution in [0.5, 0.6) is 0 Å². The zero-order chi connectivity index (χ0) is 18.0. The van der Waals surface area contributed by atoms with Crippen molar-refractivity contribution in [1.29, 1.82) is 0 Å². The lowest BCUT2D eigenvalue weighted by Crippen LogP contribution is -2.28. The minimum absolute atomic E-state index is 0.0412. The number of aryl methyl sites for hydroxylation is 1. The maximum absolute atomic E-state index is 13.2. The van der Waals surface area contributed by atoms with Gasteiger partial charge in [-0.25, -0.2) is 4.39 Å². The Kier molecular flexibility index (Phi) is 5.04. The molecule has 1 aliphatic heterocycles. The Morgan fingerprint density at radius 1 is 1.32 bits per heavy atom. The summed E-state index contributed by atoms with van der Waals surface area (Å²) in [6, 6.07) is 11.9. The molecule has 1 atom stereocenters. The summed E-state index contributed by atoms with van der Waals surface area (Å²) < 4.78 is 13.2. The number of carbonyl (C=O) groups is 2. The molecular formula is C19H18ClFN2O2. The van der Waals surface area contributed by atoms with Crippen molar-refractivity contribution in [2.45, 2.75) is 19.9 Å². The Hall–Kier alpha value is -2.40. The van der Waals surface area contributed by atoms with Crippen molar-refractivity contribution >= 4 is 29.1 Å². The third-order valence-corrected chi connectivity index (χ3v) is 4.68. The van der Waals surface area contributed by atoms with E-state index in [2.05, 4.69) is 5.32 Å². The van der Waals surface area contributed by atoms with E-state index < -0.39 is 11.7 Å². The summed E-state index contributed by atoms with van der Waals surface area (Å²) >= 11 is 5.72. The zero-order valence-electron chi connectivity index (χ0n) is 13.8. The number of nitrogens with zero attached hydrogens (tertiary/aromatic N) is 1. The molecule has 1 N–H and O–H groups in total. The monoisotopic (exact) mass is 360 g/mol. The SMILES string of the molecule is Cc1ccccc1CN1CC(C(=O)Nc2ccc(F)c(Cl)c2)CC1=O. The predicted molar refractivity (Wildman–Crippen MR) is 94.7 cm³/mol. The molecule has 2 aromatic rings. The molecule has 0 radical (unpaired) electrons. The highest BCUT2D eigenvalue weighted by Crippen LogP contribution is 2.24. The Balaban J connectivity index is 1.64. The first kappa shape index (κ1) is 17.4. The first-order valence-electron chi connectivity index (χ1n) is 8.02. The van der Waals surface area contributed by atoms with Gasteiger partial charge in [0.15, 0.2) is 0 Å². The van der Waals surface area contributed by atoms with Crippen LogP contribution in [-0.2, 0) is 16.1 Å². The normalized spacial score (nSPS) is 17.0. The van der Waals surface area contributed by atoms with Crippen LogP contribution in [0.25, 0.3) is 0 Å². The van der Waals surface area contributed by atoms with Crippen molar-refractivity contribution in [3.63, 3.8) is 0 Å². The fraction of sp³-hybridized carbons (Fsp3) is 0.263. The quantitative estimate of drug-likeness (QED) is 0.902. The molecule has 0 saturated carbocycles. The van der Waals surface area contributed by atoms with Crippen LogP contribution in [-0.4, -0.2) is 23.3 Å². The highest BCUT2D eigenvalue weighted by atomic mass is 35.5. The Bertz CT molecular complexity index is 825. The fourth-order valence-electron chi connectivity index (χ4n) is 2.91. The molecule has 6 heteroatoms. The summed E-state index contributed by atoms with van der Waals surface area (Å²) in [6.45, 7) is 2.87. The van der Waals surface area contributed by atoms with Gasteiger partial charge in [-0.2, -0.15) is 0 Å². The van der Waals surface area contributed by atoms with Crippen molar-refractivity contribution in [3.05, 3.63) is 64.4 Å². The lowest BCUT2D eigenvalue weighted by molar-refractivity contribution is -0.128. The molecule has 25 heavy (non-hydrogen) atoms. The summed E-state index contributed by atoms with van der Waals surface area (Å²) in [7, 11) is 0. The van der Waals surface area contributed by atoms with Gasteiger partial charge >= 0.3 is 0 Å². The average molecular weight is 361 g/mol. The van der Waals surface area contributed by atoms with Crippen LogP contribution >= 0.6 is 11.6 Å². The second kappa shape index (κ2) is 7.23. The third-order valence-electron chi connectivity index (χ3n) is 4.39. The molecule has 2 amide bonds. The summed E-state index contributed by atoms with van der Waals surface area (Å²) in [5, 5.41) is 2.65. The van der Waals surface area contributed by atoms with Gasteiger partial charge in [-0.3, -0.25) is 9.59 Å². The number of hydrogen-bond acceptors (Lipinski definition) is 2. The van der Waals surface area contributed by atoms with Crippen LogP contribution in [0.3, 0.4) is 0 Å². The zero-order valence-corrected chi connectivity index (χ0v) is 14.5. The van der Waals surface area contributed by atoms with Crippen molar-refractivity contribution < 1.29 is 14.0 Å². The van der Waals surface area contributed by atoms with Gasteiger partial charge in [0.2, 0.25) is 11.8 Å². The van der Waals surface area contributed by atoms with Crippen molar-refractivity contribution in [1.82, 2.24) is 4.90 Å². The maximum atomic E-state index is 13.2. The van der Waals surface area contributed by atoms with E-state index in [1.54, 1.807) is 4.90 Å². The molecule has 0 spiro atoms. The van der Waals surface area contributed by atoms with Crippen LogP contribution < -0.4 is 5.32 Å². The maximum Gasteiger partial charge on any atom is 0.229 e. The van der Waals surface area contributed by atoms with Crippen molar-refractivity contribution in [2.75, 3.05) is 11.9 Å². The minimum atomic E-state index is -0.542. The molecular weight excluding hydrogens is 343 g/mol. The molecule has 4 nitrogen and oxygen atoms in total. The molecule has 130 valence electrons. The predicted octanol–water partition coefficient (Wildman–Crippen LogP) is 3.77. The number of carbonyl (C=O) groups excluding carboxylic acids is 2. The summed E-state index contributed by atoms with van der Waals surface area (Å²) in [5.41, 5.74) is 2.60. The highest BCUT2D eigenvalue weighted by Gasteiger charge is 2.34. The Labute approximate surface area is 150 Å². The number of rotatable bonds is 4. The summed E-state index contributed by atoms with van der Waals surface area (Å²) in [6.07, 6.45) is 0.173. The molecule has 0 aliphatic carbocycles. The van der Waals surface area contributed by atoms with Gasteiger partial charge in [-0.15, -0.1) is 0 Å². The van der Waals surface area contributed by atoms with E-state index in [1.165, 1.54) is 18.2 Å². The van der Waals surface area contributed by atoms with Crippen LogP contribution in [0.4, 0.5) is 10.1 Å². The molecule has 1 aliphatic rings. The van der Waals surface area contributed by atoms with Gasteiger partial charge in [-0.1, -0.05) is 35.9 Å². The molecule has 1 saturated heterocycles. The number of anilines is 1. The molecule has 0 bridgehead atoms. The molecule has 1 fully saturated rings. The van der Waals surface area contributed by atoms with Gasteiger partial charge < -0.3 is 10.2 Å². The fourth-order valence-corrected chi connectivity index (χ4v) is 3.09. The number of nitrogens with one attached hydrogen (secondary N) is 1. The average Bonchev–Trinajstić information content (AvgIpc) is 2.94. The Morgan fingerprint density at radius 2 is 2.08 bits per heavy atom. The third kappa shape index (κ3) is 3.99.